The smallest absolute Gasteiger partial charge is 0.227 e. The molecular formula is C11H10N2O. The predicted molar refractivity (Wildman–Crippen MR) is 52.5 cm³/mol. The Kier molecular flexibility index (Phi) is 2.19. The molecule has 3 heteroatoms. The molecule has 0 atom stereocenters. The minimum Gasteiger partial charge on any atom is -0.326 e. The first kappa shape index (κ1) is 8.76. The van der Waals surface area contributed by atoms with Crippen LogP contribution in [0.5, 0.6) is 0 Å². The lowest BCUT2D eigenvalue weighted by Gasteiger charge is -2.03. The Balaban J connectivity index is 2.08. The van der Waals surface area contributed by atoms with Crippen molar-refractivity contribution in [3.05, 3.63) is 29.8 Å². The molecule has 1 N–H and O–H groups in total. The van der Waals surface area contributed by atoms with Crippen LogP contribution in [0.4, 0.5) is 5.69 Å². The first-order valence-corrected chi connectivity index (χ1v) is 4.60. The molecule has 70 valence electrons. The first-order chi connectivity index (χ1) is 6.79. The summed E-state index contributed by atoms with van der Waals surface area (Å²) < 4.78 is 0. The molecule has 0 unspecified atom stereocenters. The van der Waals surface area contributed by atoms with E-state index in [2.05, 4.69) is 5.32 Å². The third kappa shape index (κ3) is 1.91. The maximum atomic E-state index is 11.4. The highest BCUT2D eigenvalue weighted by atomic mass is 16.2. The number of hydrogen-bond acceptors (Lipinski definition) is 2. The van der Waals surface area contributed by atoms with E-state index in [1.807, 2.05) is 6.07 Å². The van der Waals surface area contributed by atoms with E-state index in [0.717, 1.165) is 12.8 Å². The molecule has 1 aromatic rings. The van der Waals surface area contributed by atoms with Gasteiger partial charge in [-0.3, -0.25) is 4.79 Å². The Bertz CT molecular complexity index is 402. The van der Waals surface area contributed by atoms with Crippen molar-refractivity contribution in [1.29, 1.82) is 5.26 Å². The van der Waals surface area contributed by atoms with Gasteiger partial charge < -0.3 is 5.32 Å². The van der Waals surface area contributed by atoms with E-state index in [-0.39, 0.29) is 11.8 Å². The number of nitriles is 1. The summed E-state index contributed by atoms with van der Waals surface area (Å²) in [6, 6.07) is 8.99. The van der Waals surface area contributed by atoms with E-state index in [0.29, 0.717) is 11.3 Å². The molecule has 0 aliphatic heterocycles. The standard InChI is InChI=1S/C11H10N2O/c12-7-8-2-1-3-10(6-8)13-11(14)9-4-5-9/h1-3,6,9H,4-5H2,(H,13,14). The summed E-state index contributed by atoms with van der Waals surface area (Å²) in [7, 11) is 0. The molecule has 1 aliphatic rings. The van der Waals surface area contributed by atoms with Crippen molar-refractivity contribution in [2.75, 3.05) is 5.32 Å². The highest BCUT2D eigenvalue weighted by molar-refractivity contribution is 5.94. The van der Waals surface area contributed by atoms with E-state index < -0.39 is 0 Å². The highest BCUT2D eigenvalue weighted by Crippen LogP contribution is 2.30. The van der Waals surface area contributed by atoms with Crippen molar-refractivity contribution in [3.63, 3.8) is 0 Å². The van der Waals surface area contributed by atoms with Gasteiger partial charge in [-0.15, -0.1) is 0 Å². The maximum Gasteiger partial charge on any atom is 0.227 e. The maximum absolute atomic E-state index is 11.4. The van der Waals surface area contributed by atoms with Crippen molar-refractivity contribution in [2.24, 2.45) is 5.92 Å². The molecular weight excluding hydrogens is 176 g/mol. The fourth-order valence-corrected chi connectivity index (χ4v) is 1.26. The van der Waals surface area contributed by atoms with Crippen LogP contribution in [0.3, 0.4) is 0 Å². The quantitative estimate of drug-likeness (QED) is 0.767. The van der Waals surface area contributed by atoms with Crippen LogP contribution in [-0.4, -0.2) is 5.91 Å². The first-order valence-electron chi connectivity index (χ1n) is 4.60. The van der Waals surface area contributed by atoms with Crippen molar-refractivity contribution in [3.8, 4) is 6.07 Å². The second kappa shape index (κ2) is 3.51. The number of carbonyl (C=O) groups excluding carboxylic acids is 1. The predicted octanol–water partition coefficient (Wildman–Crippen LogP) is 1.91. The van der Waals surface area contributed by atoms with Crippen LogP contribution in [0.2, 0.25) is 0 Å². The molecule has 0 saturated heterocycles. The molecule has 0 aromatic heterocycles. The van der Waals surface area contributed by atoms with Gasteiger partial charge in [0.05, 0.1) is 11.6 Å². The van der Waals surface area contributed by atoms with Gasteiger partial charge >= 0.3 is 0 Å². The zero-order valence-corrected chi connectivity index (χ0v) is 7.66. The van der Waals surface area contributed by atoms with Gasteiger partial charge in [-0.1, -0.05) is 6.07 Å². The van der Waals surface area contributed by atoms with Gasteiger partial charge in [0.25, 0.3) is 0 Å². The molecule has 0 spiro atoms. The molecule has 1 fully saturated rings. The Morgan fingerprint density at radius 3 is 2.93 bits per heavy atom. The summed E-state index contributed by atoms with van der Waals surface area (Å²) in [4.78, 5) is 11.4. The molecule has 0 radical (unpaired) electrons. The van der Waals surface area contributed by atoms with E-state index in [1.165, 1.54) is 0 Å². The summed E-state index contributed by atoms with van der Waals surface area (Å²) in [5.74, 6) is 0.265. The van der Waals surface area contributed by atoms with Gasteiger partial charge in [-0.05, 0) is 31.0 Å². The molecule has 0 heterocycles. The van der Waals surface area contributed by atoms with Crippen LogP contribution >= 0.6 is 0 Å². The van der Waals surface area contributed by atoms with Crippen LogP contribution in [0.15, 0.2) is 24.3 Å². The lowest BCUT2D eigenvalue weighted by molar-refractivity contribution is -0.117. The number of anilines is 1. The summed E-state index contributed by atoms with van der Waals surface area (Å²) in [5, 5.41) is 11.4. The minimum absolute atomic E-state index is 0.0695. The summed E-state index contributed by atoms with van der Waals surface area (Å²) >= 11 is 0. The zero-order valence-electron chi connectivity index (χ0n) is 7.66. The summed E-state index contributed by atoms with van der Waals surface area (Å²) in [6.07, 6.45) is 1.98. The molecule has 1 amide bonds. The number of benzene rings is 1. The Labute approximate surface area is 82.4 Å². The lowest BCUT2D eigenvalue weighted by atomic mass is 10.2. The van der Waals surface area contributed by atoms with E-state index in [9.17, 15) is 4.79 Å². The highest BCUT2D eigenvalue weighted by Gasteiger charge is 2.29. The van der Waals surface area contributed by atoms with Gasteiger partial charge in [0.15, 0.2) is 0 Å². The van der Waals surface area contributed by atoms with Gasteiger partial charge in [0.1, 0.15) is 0 Å². The van der Waals surface area contributed by atoms with Crippen molar-refractivity contribution in [1.82, 2.24) is 0 Å². The van der Waals surface area contributed by atoms with Crippen LogP contribution in [0.1, 0.15) is 18.4 Å². The van der Waals surface area contributed by atoms with Crippen molar-refractivity contribution < 1.29 is 4.79 Å². The monoisotopic (exact) mass is 186 g/mol. The van der Waals surface area contributed by atoms with Gasteiger partial charge in [0, 0.05) is 11.6 Å². The van der Waals surface area contributed by atoms with Crippen molar-refractivity contribution >= 4 is 11.6 Å². The van der Waals surface area contributed by atoms with E-state index in [1.54, 1.807) is 24.3 Å². The molecule has 3 nitrogen and oxygen atoms in total. The molecule has 0 bridgehead atoms. The molecule has 1 aromatic carbocycles. The largest absolute Gasteiger partial charge is 0.326 e. The third-order valence-electron chi connectivity index (χ3n) is 2.21. The van der Waals surface area contributed by atoms with Gasteiger partial charge in [0.2, 0.25) is 5.91 Å². The fourth-order valence-electron chi connectivity index (χ4n) is 1.26. The number of carbonyl (C=O) groups is 1. The van der Waals surface area contributed by atoms with Gasteiger partial charge in [-0.2, -0.15) is 5.26 Å². The summed E-state index contributed by atoms with van der Waals surface area (Å²) in [6.45, 7) is 0. The molecule has 1 aliphatic carbocycles. The van der Waals surface area contributed by atoms with Gasteiger partial charge in [-0.25, -0.2) is 0 Å². The molecule has 2 rings (SSSR count). The lowest BCUT2D eigenvalue weighted by Crippen LogP contribution is -2.13. The average Bonchev–Trinajstić information content (AvgIpc) is 3.01. The Morgan fingerprint density at radius 1 is 1.50 bits per heavy atom. The number of rotatable bonds is 2. The van der Waals surface area contributed by atoms with Crippen LogP contribution < -0.4 is 5.32 Å². The normalized spacial score (nSPS) is 14.5. The topological polar surface area (TPSA) is 52.9 Å². The van der Waals surface area contributed by atoms with E-state index in [4.69, 9.17) is 5.26 Å². The Hall–Kier alpha value is -1.82. The second-order valence-electron chi connectivity index (χ2n) is 3.46. The zero-order chi connectivity index (χ0) is 9.97. The SMILES string of the molecule is N#Cc1cccc(NC(=O)C2CC2)c1. The molecule has 1 saturated carbocycles. The number of amides is 1. The molecule has 14 heavy (non-hydrogen) atoms. The third-order valence-corrected chi connectivity index (χ3v) is 2.21. The number of nitrogens with one attached hydrogen (secondary N) is 1. The fraction of sp³-hybridized carbons (Fsp3) is 0.273. The minimum atomic E-state index is 0.0695. The Morgan fingerprint density at radius 2 is 2.29 bits per heavy atom. The number of hydrogen-bond donors (Lipinski definition) is 1. The van der Waals surface area contributed by atoms with Crippen LogP contribution in [0.25, 0.3) is 0 Å². The van der Waals surface area contributed by atoms with Crippen LogP contribution in [-0.2, 0) is 4.79 Å². The van der Waals surface area contributed by atoms with Crippen LogP contribution in [0, 0.1) is 17.2 Å². The number of nitrogens with zero attached hydrogens (tertiary/aromatic N) is 1. The average molecular weight is 186 g/mol. The second-order valence-corrected chi connectivity index (χ2v) is 3.46. The summed E-state index contributed by atoms with van der Waals surface area (Å²) in [5.41, 5.74) is 1.28. The van der Waals surface area contributed by atoms with E-state index >= 15 is 0 Å². The van der Waals surface area contributed by atoms with Crippen molar-refractivity contribution in [2.45, 2.75) is 12.8 Å².